The van der Waals surface area contributed by atoms with Crippen LogP contribution in [0.2, 0.25) is 0 Å². The minimum absolute atomic E-state index is 0.403. The van der Waals surface area contributed by atoms with Gasteiger partial charge in [-0.15, -0.1) is 0 Å². The van der Waals surface area contributed by atoms with Gasteiger partial charge in [0.2, 0.25) is 0 Å². The topological polar surface area (TPSA) is 29.3 Å². The van der Waals surface area contributed by atoms with Crippen LogP contribution in [0.15, 0.2) is 30.6 Å². The van der Waals surface area contributed by atoms with Gasteiger partial charge in [-0.1, -0.05) is 26.8 Å². The third-order valence-corrected chi connectivity index (χ3v) is 2.99. The Kier molecular flexibility index (Phi) is 3.79. The number of hydrogen-bond acceptors (Lipinski definition) is 2. The third-order valence-electron chi connectivity index (χ3n) is 2.99. The third kappa shape index (κ3) is 2.67. The van der Waals surface area contributed by atoms with Crippen LogP contribution in [0.3, 0.4) is 0 Å². The van der Waals surface area contributed by atoms with Crippen molar-refractivity contribution in [3.63, 3.8) is 0 Å². The van der Waals surface area contributed by atoms with E-state index in [1.165, 1.54) is 11.1 Å². The van der Waals surface area contributed by atoms with Crippen LogP contribution in [0.1, 0.15) is 38.8 Å². The minimum Gasteiger partial charge on any atom is -0.310 e. The molecule has 2 aromatic rings. The molecule has 2 rings (SSSR count). The molecular weight excluding hydrogens is 210 g/mol. The molecule has 0 saturated carbocycles. The highest BCUT2D eigenvalue weighted by atomic mass is 15.2. The van der Waals surface area contributed by atoms with Crippen molar-refractivity contribution >= 4 is 5.52 Å². The maximum absolute atomic E-state index is 4.41. The number of hydrogen-bond donors (Lipinski definition) is 1. The summed E-state index contributed by atoms with van der Waals surface area (Å²) in [5, 5.41) is 7.96. The molecule has 0 spiro atoms. The van der Waals surface area contributed by atoms with E-state index in [1.807, 2.05) is 23.0 Å². The zero-order chi connectivity index (χ0) is 12.3. The summed E-state index contributed by atoms with van der Waals surface area (Å²) in [7, 11) is 0. The van der Waals surface area contributed by atoms with Crippen LogP contribution in [0.5, 0.6) is 0 Å². The Morgan fingerprint density at radius 2 is 2.18 bits per heavy atom. The van der Waals surface area contributed by atoms with Crippen LogP contribution in [-0.4, -0.2) is 16.2 Å². The maximum Gasteiger partial charge on any atom is 0.0709 e. The highest BCUT2D eigenvalue weighted by Crippen LogP contribution is 2.24. The fourth-order valence-electron chi connectivity index (χ4n) is 2.26. The lowest BCUT2D eigenvalue weighted by atomic mass is 9.98. The van der Waals surface area contributed by atoms with Gasteiger partial charge >= 0.3 is 0 Å². The Morgan fingerprint density at radius 1 is 1.35 bits per heavy atom. The van der Waals surface area contributed by atoms with Crippen molar-refractivity contribution in [2.24, 2.45) is 5.92 Å². The van der Waals surface area contributed by atoms with E-state index in [0.29, 0.717) is 12.0 Å². The molecule has 1 atom stereocenters. The Labute approximate surface area is 103 Å². The second-order valence-corrected chi connectivity index (χ2v) is 4.87. The largest absolute Gasteiger partial charge is 0.310 e. The van der Waals surface area contributed by atoms with E-state index in [9.17, 15) is 0 Å². The molecular formula is C14H21N3. The fraction of sp³-hybridized carbons (Fsp3) is 0.500. The van der Waals surface area contributed by atoms with Gasteiger partial charge in [0.1, 0.15) is 0 Å². The highest BCUT2D eigenvalue weighted by Gasteiger charge is 2.16. The van der Waals surface area contributed by atoms with E-state index in [1.54, 1.807) is 0 Å². The number of fused-ring (bicyclic) bond motifs is 1. The minimum atomic E-state index is 0.403. The standard InChI is InChI=1S/C14H21N3/c1-4-15-13(9-11(2)3)12-10-16-17-8-6-5-7-14(12)17/h5-8,10-11,13,15H,4,9H2,1-3H3. The number of rotatable bonds is 5. The number of nitrogens with one attached hydrogen (secondary N) is 1. The summed E-state index contributed by atoms with van der Waals surface area (Å²) in [5.74, 6) is 0.678. The molecule has 0 aliphatic rings. The van der Waals surface area contributed by atoms with Crippen LogP contribution in [0, 0.1) is 5.92 Å². The van der Waals surface area contributed by atoms with E-state index in [0.717, 1.165) is 13.0 Å². The fourth-order valence-corrected chi connectivity index (χ4v) is 2.26. The van der Waals surface area contributed by atoms with Crippen molar-refractivity contribution in [1.29, 1.82) is 0 Å². The van der Waals surface area contributed by atoms with E-state index in [2.05, 4.69) is 43.3 Å². The number of nitrogens with zero attached hydrogens (tertiary/aromatic N) is 2. The summed E-state index contributed by atoms with van der Waals surface area (Å²) in [5.41, 5.74) is 2.51. The molecule has 2 aromatic heterocycles. The Hall–Kier alpha value is -1.35. The van der Waals surface area contributed by atoms with Gasteiger partial charge in [0.25, 0.3) is 0 Å². The van der Waals surface area contributed by atoms with E-state index in [-0.39, 0.29) is 0 Å². The molecule has 1 unspecified atom stereocenters. The Balaban J connectivity index is 2.34. The van der Waals surface area contributed by atoms with Crippen molar-refractivity contribution in [1.82, 2.24) is 14.9 Å². The molecule has 0 aliphatic carbocycles. The normalized spacial score (nSPS) is 13.4. The van der Waals surface area contributed by atoms with Crippen LogP contribution in [0.25, 0.3) is 5.52 Å². The summed E-state index contributed by atoms with van der Waals surface area (Å²) in [4.78, 5) is 0. The van der Waals surface area contributed by atoms with Crippen molar-refractivity contribution in [2.75, 3.05) is 6.54 Å². The predicted molar refractivity (Wildman–Crippen MR) is 71.1 cm³/mol. The molecule has 0 bridgehead atoms. The van der Waals surface area contributed by atoms with Gasteiger partial charge in [0.05, 0.1) is 11.7 Å². The first-order valence-corrected chi connectivity index (χ1v) is 6.38. The monoisotopic (exact) mass is 231 g/mol. The Morgan fingerprint density at radius 3 is 2.88 bits per heavy atom. The molecule has 3 heteroatoms. The molecule has 3 nitrogen and oxygen atoms in total. The van der Waals surface area contributed by atoms with Gasteiger partial charge < -0.3 is 5.32 Å². The summed E-state index contributed by atoms with van der Waals surface area (Å²) in [6.45, 7) is 7.66. The van der Waals surface area contributed by atoms with Crippen LogP contribution in [0.4, 0.5) is 0 Å². The molecule has 0 aliphatic heterocycles. The van der Waals surface area contributed by atoms with Gasteiger partial charge in [0.15, 0.2) is 0 Å². The summed E-state index contributed by atoms with van der Waals surface area (Å²) >= 11 is 0. The van der Waals surface area contributed by atoms with E-state index < -0.39 is 0 Å². The lowest BCUT2D eigenvalue weighted by molar-refractivity contribution is 0.440. The first kappa shape index (κ1) is 12.1. The molecule has 1 N–H and O–H groups in total. The smallest absolute Gasteiger partial charge is 0.0709 e. The molecule has 0 fully saturated rings. The van der Waals surface area contributed by atoms with Gasteiger partial charge in [-0.25, -0.2) is 4.52 Å². The second kappa shape index (κ2) is 5.32. The van der Waals surface area contributed by atoms with Crippen LogP contribution >= 0.6 is 0 Å². The molecule has 92 valence electrons. The highest BCUT2D eigenvalue weighted by molar-refractivity contribution is 5.54. The lowest BCUT2D eigenvalue weighted by Gasteiger charge is -2.19. The quantitative estimate of drug-likeness (QED) is 0.857. The summed E-state index contributed by atoms with van der Waals surface area (Å²) in [6, 6.07) is 6.61. The first-order valence-electron chi connectivity index (χ1n) is 6.38. The Bertz CT molecular complexity index is 473. The van der Waals surface area contributed by atoms with Crippen molar-refractivity contribution in [2.45, 2.75) is 33.2 Å². The predicted octanol–water partition coefficient (Wildman–Crippen LogP) is 3.03. The summed E-state index contributed by atoms with van der Waals surface area (Å²) in [6.07, 6.45) is 5.13. The van der Waals surface area contributed by atoms with Crippen LogP contribution < -0.4 is 5.32 Å². The molecule has 0 saturated heterocycles. The van der Waals surface area contributed by atoms with Gasteiger partial charge in [-0.3, -0.25) is 0 Å². The SMILES string of the molecule is CCNC(CC(C)C)c1cnn2ccccc12. The van der Waals surface area contributed by atoms with Gasteiger partial charge in [-0.05, 0) is 31.0 Å². The van der Waals surface area contributed by atoms with Gasteiger partial charge in [0, 0.05) is 17.8 Å². The zero-order valence-electron chi connectivity index (χ0n) is 10.9. The molecule has 2 heterocycles. The second-order valence-electron chi connectivity index (χ2n) is 4.87. The molecule has 0 aromatic carbocycles. The van der Waals surface area contributed by atoms with Crippen LogP contribution in [-0.2, 0) is 0 Å². The van der Waals surface area contributed by atoms with Crippen molar-refractivity contribution in [3.8, 4) is 0 Å². The van der Waals surface area contributed by atoms with Crippen molar-refractivity contribution < 1.29 is 0 Å². The molecule has 0 amide bonds. The van der Waals surface area contributed by atoms with E-state index >= 15 is 0 Å². The lowest BCUT2D eigenvalue weighted by Crippen LogP contribution is -2.22. The average Bonchev–Trinajstić information content (AvgIpc) is 2.71. The zero-order valence-corrected chi connectivity index (χ0v) is 10.9. The average molecular weight is 231 g/mol. The molecule has 0 radical (unpaired) electrons. The number of aromatic nitrogens is 2. The summed E-state index contributed by atoms with van der Waals surface area (Å²) < 4.78 is 1.94. The van der Waals surface area contributed by atoms with Gasteiger partial charge in [-0.2, -0.15) is 5.10 Å². The van der Waals surface area contributed by atoms with E-state index in [4.69, 9.17) is 0 Å². The van der Waals surface area contributed by atoms with Crippen molar-refractivity contribution in [3.05, 3.63) is 36.2 Å². The first-order chi connectivity index (χ1) is 8.22. The number of pyridine rings is 1. The molecule has 17 heavy (non-hydrogen) atoms. The maximum atomic E-state index is 4.41.